The molecule has 2 heteroatoms. The topological polar surface area (TPSA) is 12.0 Å². The summed E-state index contributed by atoms with van der Waals surface area (Å²) in [5.74, 6) is 2.59. The molecule has 0 aromatic heterocycles. The molecule has 74 valence electrons. The lowest BCUT2D eigenvalue weighted by Gasteiger charge is -2.15. The summed E-state index contributed by atoms with van der Waals surface area (Å²) in [5.41, 5.74) is 0. The molecule has 0 rings (SSSR count). The highest BCUT2D eigenvalue weighted by Crippen LogP contribution is 2.06. The van der Waals surface area contributed by atoms with Gasteiger partial charge in [0.25, 0.3) is 0 Å². The first-order chi connectivity index (χ1) is 5.85. The molecule has 0 aliphatic heterocycles. The summed E-state index contributed by atoms with van der Waals surface area (Å²) in [6, 6.07) is 0.737. The zero-order valence-electron chi connectivity index (χ0n) is 8.73. The Hall–Kier alpha value is 0.310. The predicted octanol–water partition coefficient (Wildman–Crippen LogP) is 2.91. The Morgan fingerprint density at radius 2 is 1.92 bits per heavy atom. The van der Waals surface area contributed by atoms with E-state index >= 15 is 0 Å². The van der Waals surface area contributed by atoms with Gasteiger partial charge in [0.15, 0.2) is 0 Å². The zero-order valence-corrected chi connectivity index (χ0v) is 9.54. The lowest BCUT2D eigenvalue weighted by atomic mass is 10.2. The third-order valence-electron chi connectivity index (χ3n) is 1.84. The normalized spacial score (nSPS) is 13.2. The summed E-state index contributed by atoms with van der Waals surface area (Å²) in [7, 11) is 0. The van der Waals surface area contributed by atoms with Gasteiger partial charge in [0.2, 0.25) is 0 Å². The van der Waals surface area contributed by atoms with Crippen molar-refractivity contribution in [2.45, 2.75) is 46.1 Å². The number of thioether (sulfide) groups is 1. The lowest BCUT2D eigenvalue weighted by Crippen LogP contribution is -2.31. The molecule has 0 aliphatic carbocycles. The average Bonchev–Trinajstić information content (AvgIpc) is 2.11. The molecule has 0 bridgehead atoms. The van der Waals surface area contributed by atoms with Crippen molar-refractivity contribution < 1.29 is 0 Å². The molecular weight excluding hydrogens is 166 g/mol. The Morgan fingerprint density at radius 1 is 1.17 bits per heavy atom. The van der Waals surface area contributed by atoms with E-state index in [1.807, 2.05) is 0 Å². The molecule has 0 aromatic rings. The number of rotatable bonds is 8. The quantitative estimate of drug-likeness (QED) is 0.589. The van der Waals surface area contributed by atoms with Gasteiger partial charge in [-0.3, -0.25) is 0 Å². The monoisotopic (exact) mass is 189 g/mol. The molecule has 0 spiro atoms. The van der Waals surface area contributed by atoms with Gasteiger partial charge >= 0.3 is 0 Å². The Morgan fingerprint density at radius 3 is 2.42 bits per heavy atom. The van der Waals surface area contributed by atoms with Gasteiger partial charge in [0.05, 0.1) is 0 Å². The first-order valence-corrected chi connectivity index (χ1v) is 6.31. The predicted molar refractivity (Wildman–Crippen MR) is 60.0 cm³/mol. The standard InChI is InChI=1S/C10H23NS/c1-4-7-11-10(6-3)9-12-8-5-2/h10-11H,4-9H2,1-3H3. The third kappa shape index (κ3) is 6.99. The summed E-state index contributed by atoms with van der Waals surface area (Å²) >= 11 is 2.07. The van der Waals surface area contributed by atoms with E-state index in [1.54, 1.807) is 0 Å². The minimum Gasteiger partial charge on any atom is -0.313 e. The van der Waals surface area contributed by atoms with Gasteiger partial charge in [-0.05, 0) is 31.6 Å². The zero-order chi connectivity index (χ0) is 9.23. The fraction of sp³-hybridized carbons (Fsp3) is 1.00. The van der Waals surface area contributed by atoms with E-state index in [2.05, 4.69) is 37.8 Å². The SMILES string of the molecule is CCCNC(CC)CSCCC. The number of nitrogens with one attached hydrogen (secondary N) is 1. The summed E-state index contributed by atoms with van der Waals surface area (Å²) < 4.78 is 0. The van der Waals surface area contributed by atoms with Gasteiger partial charge in [0, 0.05) is 11.8 Å². The number of hydrogen-bond acceptors (Lipinski definition) is 2. The maximum atomic E-state index is 3.56. The van der Waals surface area contributed by atoms with Crippen molar-refractivity contribution in [3.63, 3.8) is 0 Å². The van der Waals surface area contributed by atoms with Gasteiger partial charge < -0.3 is 5.32 Å². The van der Waals surface area contributed by atoms with Crippen molar-refractivity contribution in [1.29, 1.82) is 0 Å². The van der Waals surface area contributed by atoms with Crippen LogP contribution in [-0.2, 0) is 0 Å². The van der Waals surface area contributed by atoms with Crippen LogP contribution in [0, 0.1) is 0 Å². The second-order valence-corrected chi connectivity index (χ2v) is 4.28. The Balaban J connectivity index is 3.26. The molecule has 0 radical (unpaired) electrons. The first-order valence-electron chi connectivity index (χ1n) is 5.16. The van der Waals surface area contributed by atoms with Crippen LogP contribution in [0.5, 0.6) is 0 Å². The van der Waals surface area contributed by atoms with Crippen LogP contribution >= 0.6 is 11.8 Å². The van der Waals surface area contributed by atoms with Crippen molar-refractivity contribution >= 4 is 11.8 Å². The van der Waals surface area contributed by atoms with Crippen LogP contribution in [0.15, 0.2) is 0 Å². The van der Waals surface area contributed by atoms with Crippen LogP contribution in [0.25, 0.3) is 0 Å². The Bertz CT molecular complexity index is 85.9. The van der Waals surface area contributed by atoms with Gasteiger partial charge in [-0.25, -0.2) is 0 Å². The maximum Gasteiger partial charge on any atom is 0.0155 e. The largest absolute Gasteiger partial charge is 0.313 e. The van der Waals surface area contributed by atoms with E-state index in [9.17, 15) is 0 Å². The molecule has 0 saturated carbocycles. The van der Waals surface area contributed by atoms with Crippen molar-refractivity contribution in [2.24, 2.45) is 0 Å². The van der Waals surface area contributed by atoms with E-state index in [1.165, 1.54) is 37.3 Å². The minimum atomic E-state index is 0.737. The highest BCUT2D eigenvalue weighted by atomic mass is 32.2. The van der Waals surface area contributed by atoms with Crippen molar-refractivity contribution in [1.82, 2.24) is 5.32 Å². The third-order valence-corrected chi connectivity index (χ3v) is 3.18. The fourth-order valence-electron chi connectivity index (χ4n) is 1.04. The van der Waals surface area contributed by atoms with Crippen LogP contribution in [0.3, 0.4) is 0 Å². The van der Waals surface area contributed by atoms with Gasteiger partial charge in [-0.15, -0.1) is 0 Å². The Labute approximate surface area is 81.7 Å². The molecule has 1 nitrogen and oxygen atoms in total. The molecular formula is C10H23NS. The van der Waals surface area contributed by atoms with Crippen molar-refractivity contribution in [2.75, 3.05) is 18.1 Å². The average molecular weight is 189 g/mol. The molecule has 0 aromatic carbocycles. The first kappa shape index (κ1) is 12.3. The van der Waals surface area contributed by atoms with Crippen LogP contribution in [0.2, 0.25) is 0 Å². The molecule has 1 unspecified atom stereocenters. The van der Waals surface area contributed by atoms with Crippen LogP contribution < -0.4 is 5.32 Å². The molecule has 1 N–H and O–H groups in total. The van der Waals surface area contributed by atoms with E-state index in [4.69, 9.17) is 0 Å². The summed E-state index contributed by atoms with van der Waals surface area (Å²) in [5, 5.41) is 3.56. The summed E-state index contributed by atoms with van der Waals surface area (Å²) in [6.07, 6.45) is 3.81. The minimum absolute atomic E-state index is 0.737. The second-order valence-electron chi connectivity index (χ2n) is 3.13. The van der Waals surface area contributed by atoms with Crippen molar-refractivity contribution in [3.8, 4) is 0 Å². The lowest BCUT2D eigenvalue weighted by molar-refractivity contribution is 0.539. The molecule has 0 amide bonds. The van der Waals surface area contributed by atoms with Gasteiger partial charge in [-0.2, -0.15) is 11.8 Å². The summed E-state index contributed by atoms with van der Waals surface area (Å²) in [4.78, 5) is 0. The number of hydrogen-bond donors (Lipinski definition) is 1. The maximum absolute atomic E-state index is 3.56. The van der Waals surface area contributed by atoms with E-state index in [0.29, 0.717) is 0 Å². The molecule has 0 fully saturated rings. The van der Waals surface area contributed by atoms with E-state index in [-0.39, 0.29) is 0 Å². The smallest absolute Gasteiger partial charge is 0.0155 e. The van der Waals surface area contributed by atoms with Crippen LogP contribution in [0.1, 0.15) is 40.0 Å². The van der Waals surface area contributed by atoms with Crippen LogP contribution in [-0.4, -0.2) is 24.1 Å². The second kappa shape index (κ2) is 9.40. The van der Waals surface area contributed by atoms with Gasteiger partial charge in [-0.1, -0.05) is 20.8 Å². The molecule has 12 heavy (non-hydrogen) atoms. The molecule has 0 saturated heterocycles. The highest BCUT2D eigenvalue weighted by Gasteiger charge is 2.03. The van der Waals surface area contributed by atoms with Crippen molar-refractivity contribution in [3.05, 3.63) is 0 Å². The molecule has 0 heterocycles. The van der Waals surface area contributed by atoms with Crippen LogP contribution in [0.4, 0.5) is 0 Å². The fourth-order valence-corrected chi connectivity index (χ4v) is 2.13. The highest BCUT2D eigenvalue weighted by molar-refractivity contribution is 7.99. The van der Waals surface area contributed by atoms with Gasteiger partial charge in [0.1, 0.15) is 0 Å². The van der Waals surface area contributed by atoms with E-state index < -0.39 is 0 Å². The molecule has 0 aliphatic rings. The molecule has 1 atom stereocenters. The Kier molecular flexibility index (Phi) is 9.64. The summed E-state index contributed by atoms with van der Waals surface area (Å²) in [6.45, 7) is 7.90. The van der Waals surface area contributed by atoms with E-state index in [0.717, 1.165) is 6.04 Å².